The van der Waals surface area contributed by atoms with Gasteiger partial charge < -0.3 is 4.98 Å². The molecule has 7 nitrogen and oxygen atoms in total. The van der Waals surface area contributed by atoms with Crippen LogP contribution in [0.1, 0.15) is 79.7 Å². The first-order valence-corrected chi connectivity index (χ1v) is 13.1. The van der Waals surface area contributed by atoms with Crippen LogP contribution in [0.4, 0.5) is 0 Å². The Morgan fingerprint density at radius 3 is 2.47 bits per heavy atom. The van der Waals surface area contributed by atoms with Crippen molar-refractivity contribution in [3.63, 3.8) is 0 Å². The Balaban J connectivity index is 1.57. The van der Waals surface area contributed by atoms with Gasteiger partial charge in [-0.2, -0.15) is 0 Å². The van der Waals surface area contributed by atoms with Gasteiger partial charge in [0.25, 0.3) is 5.56 Å². The smallest absolute Gasteiger partial charge is 0.252 e. The van der Waals surface area contributed by atoms with Crippen molar-refractivity contribution in [1.29, 1.82) is 0 Å². The maximum atomic E-state index is 13.2. The summed E-state index contributed by atoms with van der Waals surface area (Å²) in [6.45, 7) is 9.82. The number of hydrogen-bond acceptors (Lipinski definition) is 5. The van der Waals surface area contributed by atoms with Gasteiger partial charge in [-0.05, 0) is 83.3 Å². The van der Waals surface area contributed by atoms with Crippen LogP contribution in [0.2, 0.25) is 0 Å². The minimum atomic E-state index is -0.0401. The zero-order valence-electron chi connectivity index (χ0n) is 21.7. The van der Waals surface area contributed by atoms with Gasteiger partial charge in [0.15, 0.2) is 5.82 Å². The third kappa shape index (κ3) is 4.98. The fourth-order valence-corrected chi connectivity index (χ4v) is 5.62. The van der Waals surface area contributed by atoms with Gasteiger partial charge in [0.05, 0.1) is 12.1 Å². The number of aromatic nitrogens is 5. The topological polar surface area (TPSA) is 79.7 Å². The average Bonchev–Trinajstić information content (AvgIpc) is 3.54. The number of aryl methyl sites for hydroxylation is 2. The monoisotopic (exact) mass is 484 g/mol. The molecule has 7 heteroatoms. The third-order valence-electron chi connectivity index (χ3n) is 7.62. The molecule has 1 atom stereocenters. The highest BCUT2D eigenvalue weighted by molar-refractivity contribution is 5.80. The molecule has 1 saturated carbocycles. The molecule has 0 saturated heterocycles. The molecule has 2 aromatic heterocycles. The van der Waals surface area contributed by atoms with Crippen molar-refractivity contribution < 1.29 is 0 Å². The fraction of sp³-hybridized carbons (Fsp3) is 0.448. The van der Waals surface area contributed by atoms with E-state index in [1.807, 2.05) is 6.07 Å². The van der Waals surface area contributed by atoms with E-state index in [0.717, 1.165) is 35.1 Å². The lowest BCUT2D eigenvalue weighted by Gasteiger charge is -2.34. The highest BCUT2D eigenvalue weighted by Gasteiger charge is 2.32. The number of pyridine rings is 1. The second kappa shape index (κ2) is 10.3. The molecule has 1 aliphatic rings. The second-order valence-electron chi connectivity index (χ2n) is 10.6. The van der Waals surface area contributed by atoms with E-state index in [0.29, 0.717) is 19.1 Å². The number of rotatable bonds is 8. The normalized spacial score (nSPS) is 15.4. The second-order valence-corrected chi connectivity index (χ2v) is 10.6. The van der Waals surface area contributed by atoms with Crippen molar-refractivity contribution in [3.05, 3.63) is 87.0 Å². The van der Waals surface area contributed by atoms with E-state index in [1.165, 1.54) is 29.5 Å². The SMILES string of the molecule is Cc1cc2cc(CN(Cc3ccccc3)[C@@H](c3nnnn3C3CCCC3)C(C)C)c(=O)[nH]c2cc1C. The Morgan fingerprint density at radius 1 is 1.03 bits per heavy atom. The molecule has 1 N–H and O–H groups in total. The van der Waals surface area contributed by atoms with E-state index >= 15 is 0 Å². The van der Waals surface area contributed by atoms with Gasteiger partial charge in [0, 0.05) is 24.2 Å². The number of H-pyrrole nitrogens is 1. The molecule has 0 amide bonds. The highest BCUT2D eigenvalue weighted by atomic mass is 16.1. The lowest BCUT2D eigenvalue weighted by atomic mass is 9.98. The predicted octanol–water partition coefficient (Wildman–Crippen LogP) is 5.65. The van der Waals surface area contributed by atoms with Gasteiger partial charge >= 0.3 is 0 Å². The molecule has 2 aromatic carbocycles. The van der Waals surface area contributed by atoms with E-state index in [4.69, 9.17) is 0 Å². The number of nitrogens with zero attached hydrogens (tertiary/aromatic N) is 5. The van der Waals surface area contributed by atoms with Gasteiger partial charge in [0.2, 0.25) is 0 Å². The summed E-state index contributed by atoms with van der Waals surface area (Å²) in [6, 6.07) is 17.0. The minimum absolute atomic E-state index is 0.0318. The summed E-state index contributed by atoms with van der Waals surface area (Å²) in [4.78, 5) is 18.7. The molecule has 5 rings (SSSR count). The average molecular weight is 485 g/mol. The van der Waals surface area contributed by atoms with Crippen LogP contribution >= 0.6 is 0 Å². The molecular weight excluding hydrogens is 448 g/mol. The minimum Gasteiger partial charge on any atom is -0.322 e. The fourth-order valence-electron chi connectivity index (χ4n) is 5.62. The molecule has 1 fully saturated rings. The third-order valence-corrected chi connectivity index (χ3v) is 7.62. The lowest BCUT2D eigenvalue weighted by Crippen LogP contribution is -2.35. The van der Waals surface area contributed by atoms with E-state index in [1.54, 1.807) is 0 Å². The molecule has 0 aliphatic heterocycles. The van der Waals surface area contributed by atoms with Crippen molar-refractivity contribution in [2.24, 2.45) is 5.92 Å². The van der Waals surface area contributed by atoms with Crippen LogP contribution in [0.25, 0.3) is 10.9 Å². The zero-order chi connectivity index (χ0) is 25.2. The number of benzene rings is 2. The maximum absolute atomic E-state index is 13.2. The number of tetrazole rings is 1. The summed E-state index contributed by atoms with van der Waals surface area (Å²) in [7, 11) is 0. The molecule has 36 heavy (non-hydrogen) atoms. The van der Waals surface area contributed by atoms with Crippen LogP contribution in [0.3, 0.4) is 0 Å². The summed E-state index contributed by atoms with van der Waals surface area (Å²) in [6.07, 6.45) is 4.67. The molecule has 2 heterocycles. The zero-order valence-corrected chi connectivity index (χ0v) is 21.7. The van der Waals surface area contributed by atoms with E-state index in [9.17, 15) is 4.79 Å². The first kappa shape index (κ1) is 24.4. The molecule has 1 aliphatic carbocycles. The van der Waals surface area contributed by atoms with Gasteiger partial charge in [-0.3, -0.25) is 9.69 Å². The lowest BCUT2D eigenvalue weighted by molar-refractivity contribution is 0.123. The predicted molar refractivity (Wildman–Crippen MR) is 143 cm³/mol. The standard InChI is InChI=1S/C29H36N6O/c1-19(2)27(28-31-32-33-35(28)25-12-8-9-13-25)34(17-22-10-6-5-7-11-22)18-24-16-23-14-20(3)21(4)15-26(23)30-29(24)36/h5-7,10-11,14-16,19,25,27H,8-9,12-13,17-18H2,1-4H3,(H,30,36)/t27-/m1/s1. The van der Waals surface area contributed by atoms with Crippen LogP contribution in [0.5, 0.6) is 0 Å². The summed E-state index contributed by atoms with van der Waals surface area (Å²) in [5.41, 5.74) is 5.19. The van der Waals surface area contributed by atoms with Crippen LogP contribution < -0.4 is 5.56 Å². The van der Waals surface area contributed by atoms with Crippen LogP contribution in [-0.4, -0.2) is 30.1 Å². The van der Waals surface area contributed by atoms with E-state index in [-0.39, 0.29) is 17.5 Å². The first-order valence-electron chi connectivity index (χ1n) is 13.1. The molecule has 4 aromatic rings. The largest absolute Gasteiger partial charge is 0.322 e. The number of nitrogens with one attached hydrogen (secondary N) is 1. The van der Waals surface area contributed by atoms with Crippen molar-refractivity contribution >= 4 is 10.9 Å². The molecule has 0 radical (unpaired) electrons. The van der Waals surface area contributed by atoms with E-state index < -0.39 is 0 Å². The number of hydrogen-bond donors (Lipinski definition) is 1. The number of fused-ring (bicyclic) bond motifs is 1. The Hall–Kier alpha value is -3.32. The van der Waals surface area contributed by atoms with Crippen molar-refractivity contribution in [2.75, 3.05) is 0 Å². The molecule has 0 spiro atoms. The molecule has 188 valence electrons. The molecule has 0 bridgehead atoms. The quantitative estimate of drug-likeness (QED) is 0.350. The van der Waals surface area contributed by atoms with E-state index in [2.05, 4.69) is 100 Å². The molecular formula is C29H36N6O. The van der Waals surface area contributed by atoms with Crippen molar-refractivity contribution in [3.8, 4) is 0 Å². The summed E-state index contributed by atoms with van der Waals surface area (Å²) in [5, 5.41) is 14.2. The van der Waals surface area contributed by atoms with Crippen LogP contribution in [-0.2, 0) is 13.1 Å². The van der Waals surface area contributed by atoms with Crippen LogP contribution in [0, 0.1) is 19.8 Å². The molecule has 0 unspecified atom stereocenters. The summed E-state index contributed by atoms with van der Waals surface area (Å²) in [5.74, 6) is 1.15. The van der Waals surface area contributed by atoms with Gasteiger partial charge in [-0.1, -0.05) is 57.0 Å². The van der Waals surface area contributed by atoms with Crippen molar-refractivity contribution in [1.82, 2.24) is 30.1 Å². The Labute approximate surface area is 212 Å². The summed E-state index contributed by atoms with van der Waals surface area (Å²) < 4.78 is 2.06. The number of aromatic amines is 1. The van der Waals surface area contributed by atoms with Crippen molar-refractivity contribution in [2.45, 2.75) is 78.6 Å². The van der Waals surface area contributed by atoms with Gasteiger partial charge in [-0.15, -0.1) is 5.10 Å². The highest BCUT2D eigenvalue weighted by Crippen LogP contribution is 2.35. The van der Waals surface area contributed by atoms with Gasteiger partial charge in [-0.25, -0.2) is 4.68 Å². The Bertz CT molecular complexity index is 1380. The van der Waals surface area contributed by atoms with Crippen LogP contribution in [0.15, 0.2) is 53.3 Å². The Kier molecular flexibility index (Phi) is 7.01. The van der Waals surface area contributed by atoms with Gasteiger partial charge in [0.1, 0.15) is 0 Å². The Morgan fingerprint density at radius 2 is 1.75 bits per heavy atom. The maximum Gasteiger partial charge on any atom is 0.252 e. The summed E-state index contributed by atoms with van der Waals surface area (Å²) >= 11 is 0. The first-order chi connectivity index (χ1) is 17.4.